The number of rotatable bonds is 5. The summed E-state index contributed by atoms with van der Waals surface area (Å²) in [6, 6.07) is 1.55. The SMILES string of the molecule is COCc1cc(OC)c(O)c(OC)c1C=O. The fraction of sp³-hybridized carbons (Fsp3) is 0.364. The lowest BCUT2D eigenvalue weighted by atomic mass is 10.1. The van der Waals surface area contributed by atoms with Gasteiger partial charge in [-0.15, -0.1) is 0 Å². The molecule has 0 aliphatic heterocycles. The van der Waals surface area contributed by atoms with Crippen molar-refractivity contribution in [2.75, 3.05) is 21.3 Å². The van der Waals surface area contributed by atoms with E-state index in [-0.39, 0.29) is 29.4 Å². The Morgan fingerprint density at radius 3 is 2.44 bits per heavy atom. The maximum Gasteiger partial charge on any atom is 0.201 e. The fourth-order valence-corrected chi connectivity index (χ4v) is 1.46. The molecule has 0 saturated carbocycles. The number of carbonyl (C=O) groups excluding carboxylic acids is 1. The van der Waals surface area contributed by atoms with Gasteiger partial charge in [0, 0.05) is 7.11 Å². The Hall–Kier alpha value is -1.75. The minimum Gasteiger partial charge on any atom is -0.502 e. The highest BCUT2D eigenvalue weighted by Gasteiger charge is 2.18. The van der Waals surface area contributed by atoms with E-state index in [2.05, 4.69) is 0 Å². The smallest absolute Gasteiger partial charge is 0.201 e. The van der Waals surface area contributed by atoms with Crippen LogP contribution in [0.15, 0.2) is 6.07 Å². The normalized spacial score (nSPS) is 9.94. The Labute approximate surface area is 93.6 Å². The summed E-state index contributed by atoms with van der Waals surface area (Å²) in [5, 5.41) is 9.74. The van der Waals surface area contributed by atoms with Gasteiger partial charge >= 0.3 is 0 Å². The monoisotopic (exact) mass is 226 g/mol. The van der Waals surface area contributed by atoms with Crippen molar-refractivity contribution in [3.05, 3.63) is 17.2 Å². The third-order valence-corrected chi connectivity index (χ3v) is 2.19. The van der Waals surface area contributed by atoms with Gasteiger partial charge in [-0.25, -0.2) is 0 Å². The number of hydrogen-bond donors (Lipinski definition) is 1. The molecule has 0 saturated heterocycles. The first-order chi connectivity index (χ1) is 7.69. The highest BCUT2D eigenvalue weighted by Crippen LogP contribution is 2.40. The van der Waals surface area contributed by atoms with Crippen LogP contribution in [0.5, 0.6) is 17.2 Å². The first-order valence-corrected chi connectivity index (χ1v) is 4.60. The summed E-state index contributed by atoms with van der Waals surface area (Å²) in [6.07, 6.45) is 0.617. The number of aldehydes is 1. The standard InChI is InChI=1S/C11H14O5/c1-14-6-7-4-9(15-2)10(13)11(16-3)8(7)5-12/h4-5,13H,6H2,1-3H3. The largest absolute Gasteiger partial charge is 0.502 e. The molecule has 0 aromatic heterocycles. The van der Waals surface area contributed by atoms with E-state index in [4.69, 9.17) is 14.2 Å². The Bertz CT molecular complexity index is 386. The summed E-state index contributed by atoms with van der Waals surface area (Å²) < 4.78 is 14.9. The second-order valence-electron chi connectivity index (χ2n) is 3.08. The summed E-state index contributed by atoms with van der Waals surface area (Å²) in [4.78, 5) is 10.9. The lowest BCUT2D eigenvalue weighted by molar-refractivity contribution is 0.111. The summed E-state index contributed by atoms with van der Waals surface area (Å²) in [5.41, 5.74) is 0.867. The molecular weight excluding hydrogens is 212 g/mol. The Kier molecular flexibility index (Phi) is 4.13. The van der Waals surface area contributed by atoms with Crippen LogP contribution in [0.3, 0.4) is 0 Å². The third-order valence-electron chi connectivity index (χ3n) is 2.19. The van der Waals surface area contributed by atoms with E-state index >= 15 is 0 Å². The lowest BCUT2D eigenvalue weighted by Crippen LogP contribution is -2.01. The topological polar surface area (TPSA) is 65.0 Å². The first-order valence-electron chi connectivity index (χ1n) is 4.60. The van der Waals surface area contributed by atoms with Crippen LogP contribution >= 0.6 is 0 Å². The zero-order chi connectivity index (χ0) is 12.1. The number of hydrogen-bond acceptors (Lipinski definition) is 5. The van der Waals surface area contributed by atoms with Crippen molar-refractivity contribution in [2.24, 2.45) is 0 Å². The first kappa shape index (κ1) is 12.3. The second-order valence-corrected chi connectivity index (χ2v) is 3.08. The Morgan fingerprint density at radius 2 is 2.00 bits per heavy atom. The van der Waals surface area contributed by atoms with Gasteiger partial charge in [-0.1, -0.05) is 0 Å². The Morgan fingerprint density at radius 1 is 1.31 bits per heavy atom. The summed E-state index contributed by atoms with van der Waals surface area (Å²) in [6.45, 7) is 0.237. The van der Waals surface area contributed by atoms with Crippen LogP contribution in [-0.4, -0.2) is 32.7 Å². The number of methoxy groups -OCH3 is 3. The number of aromatic hydroxyl groups is 1. The number of ether oxygens (including phenoxy) is 3. The van der Waals surface area contributed by atoms with Gasteiger partial charge in [-0.05, 0) is 11.6 Å². The van der Waals surface area contributed by atoms with Crippen molar-refractivity contribution in [3.63, 3.8) is 0 Å². The van der Waals surface area contributed by atoms with Gasteiger partial charge in [0.2, 0.25) is 5.75 Å². The molecule has 0 unspecified atom stereocenters. The van der Waals surface area contributed by atoms with Gasteiger partial charge in [0.15, 0.2) is 17.8 Å². The summed E-state index contributed by atoms with van der Waals surface area (Å²) >= 11 is 0. The van der Waals surface area contributed by atoms with Crippen molar-refractivity contribution < 1.29 is 24.1 Å². The van der Waals surface area contributed by atoms with E-state index in [9.17, 15) is 9.90 Å². The van der Waals surface area contributed by atoms with Crippen molar-refractivity contribution >= 4 is 6.29 Å². The maximum atomic E-state index is 10.9. The third kappa shape index (κ3) is 2.09. The molecule has 0 aliphatic carbocycles. The van der Waals surface area contributed by atoms with Crippen molar-refractivity contribution in [1.29, 1.82) is 0 Å². The van der Waals surface area contributed by atoms with E-state index in [1.165, 1.54) is 21.3 Å². The van der Waals surface area contributed by atoms with Crippen LogP contribution in [0.25, 0.3) is 0 Å². The molecule has 0 fully saturated rings. The van der Waals surface area contributed by atoms with E-state index in [0.29, 0.717) is 11.8 Å². The van der Waals surface area contributed by atoms with Gasteiger partial charge in [-0.3, -0.25) is 4.79 Å². The number of benzene rings is 1. The molecule has 0 amide bonds. The van der Waals surface area contributed by atoms with Crippen LogP contribution in [0.2, 0.25) is 0 Å². The zero-order valence-corrected chi connectivity index (χ0v) is 9.44. The van der Waals surface area contributed by atoms with Crippen LogP contribution in [0.1, 0.15) is 15.9 Å². The van der Waals surface area contributed by atoms with E-state index in [1.807, 2.05) is 0 Å². The molecule has 1 rings (SSSR count). The van der Waals surface area contributed by atoms with E-state index < -0.39 is 0 Å². The van der Waals surface area contributed by atoms with Gasteiger partial charge in [0.1, 0.15) is 0 Å². The molecule has 1 aromatic carbocycles. The molecule has 0 aliphatic rings. The molecule has 88 valence electrons. The molecule has 0 radical (unpaired) electrons. The van der Waals surface area contributed by atoms with Gasteiger partial charge < -0.3 is 19.3 Å². The molecule has 0 bridgehead atoms. The summed E-state index contributed by atoms with van der Waals surface area (Å²) in [7, 11) is 4.31. The van der Waals surface area contributed by atoms with Crippen LogP contribution < -0.4 is 9.47 Å². The number of phenols is 1. The van der Waals surface area contributed by atoms with Crippen LogP contribution in [0, 0.1) is 0 Å². The van der Waals surface area contributed by atoms with Crippen molar-refractivity contribution in [2.45, 2.75) is 6.61 Å². The predicted octanol–water partition coefficient (Wildman–Crippen LogP) is 1.37. The van der Waals surface area contributed by atoms with Crippen LogP contribution in [0.4, 0.5) is 0 Å². The minimum absolute atomic E-state index is 0.0985. The van der Waals surface area contributed by atoms with Gasteiger partial charge in [-0.2, -0.15) is 0 Å². The highest BCUT2D eigenvalue weighted by molar-refractivity contribution is 5.84. The molecule has 0 spiro atoms. The fourth-order valence-electron chi connectivity index (χ4n) is 1.46. The van der Waals surface area contributed by atoms with E-state index in [0.717, 1.165) is 0 Å². The van der Waals surface area contributed by atoms with Crippen molar-refractivity contribution in [1.82, 2.24) is 0 Å². The van der Waals surface area contributed by atoms with Gasteiger partial charge in [0.25, 0.3) is 0 Å². The number of phenolic OH excluding ortho intramolecular Hbond substituents is 1. The quantitative estimate of drug-likeness (QED) is 0.768. The van der Waals surface area contributed by atoms with Crippen LogP contribution in [-0.2, 0) is 11.3 Å². The molecule has 5 nitrogen and oxygen atoms in total. The molecule has 1 N–H and O–H groups in total. The molecule has 16 heavy (non-hydrogen) atoms. The molecular formula is C11H14O5. The van der Waals surface area contributed by atoms with Gasteiger partial charge in [0.05, 0.1) is 26.4 Å². The summed E-state index contributed by atoms with van der Waals surface area (Å²) in [5.74, 6) is 0.155. The maximum absolute atomic E-state index is 10.9. The average Bonchev–Trinajstić information content (AvgIpc) is 2.30. The highest BCUT2D eigenvalue weighted by atomic mass is 16.5. The molecule has 5 heteroatoms. The molecule has 0 heterocycles. The molecule has 0 atom stereocenters. The predicted molar refractivity (Wildman–Crippen MR) is 57.3 cm³/mol. The second kappa shape index (κ2) is 5.37. The van der Waals surface area contributed by atoms with E-state index in [1.54, 1.807) is 6.07 Å². The lowest BCUT2D eigenvalue weighted by Gasteiger charge is -2.14. The minimum atomic E-state index is -0.188. The zero-order valence-electron chi connectivity index (χ0n) is 9.44. The Balaban J connectivity index is 3.42. The van der Waals surface area contributed by atoms with Crippen molar-refractivity contribution in [3.8, 4) is 17.2 Å². The average molecular weight is 226 g/mol. The number of carbonyl (C=O) groups is 1. The molecule has 1 aromatic rings.